The van der Waals surface area contributed by atoms with E-state index in [0.717, 1.165) is 3.58 Å². The molecule has 0 unspecified atom stereocenters. The van der Waals surface area contributed by atoms with Crippen molar-refractivity contribution in [1.82, 2.24) is 10.4 Å². The van der Waals surface area contributed by atoms with Crippen LogP contribution in [0.25, 0.3) is 0 Å². The van der Waals surface area contributed by atoms with E-state index in [1.165, 1.54) is 0 Å². The highest BCUT2D eigenvalue weighted by Crippen LogP contribution is 2.15. The van der Waals surface area contributed by atoms with E-state index in [1.807, 2.05) is 5.48 Å². The number of halogens is 1. The number of carbonyl (C=O) groups excluding carboxylic acids is 4. The molecule has 0 saturated carbocycles. The molecular formula is C17H25IN2O8. The quantitative estimate of drug-likeness (QED) is 0.143. The molecule has 0 bridgehead atoms. The summed E-state index contributed by atoms with van der Waals surface area (Å²) in [6.07, 6.45) is 2.27. The SMILES string of the molecule is O=CCCC(=O)NOC(=O)CCOCCOCCOCCN1CC(I)=CC1=O. The third-order valence-corrected chi connectivity index (χ3v) is 4.05. The number of rotatable bonds is 15. The van der Waals surface area contributed by atoms with Gasteiger partial charge in [-0.15, -0.1) is 0 Å². The van der Waals surface area contributed by atoms with Crippen LogP contribution in [0.15, 0.2) is 9.66 Å². The maximum atomic E-state index is 11.5. The second kappa shape index (κ2) is 15.4. The summed E-state index contributed by atoms with van der Waals surface area (Å²) in [4.78, 5) is 50.3. The summed E-state index contributed by atoms with van der Waals surface area (Å²) in [6, 6.07) is 0. The number of hydrogen-bond acceptors (Lipinski definition) is 8. The van der Waals surface area contributed by atoms with Crippen molar-refractivity contribution >= 4 is 46.7 Å². The van der Waals surface area contributed by atoms with Crippen LogP contribution in [0.5, 0.6) is 0 Å². The molecule has 10 nitrogen and oxygen atoms in total. The van der Waals surface area contributed by atoms with E-state index in [1.54, 1.807) is 11.0 Å². The Balaban J connectivity index is 1.82. The molecule has 0 aromatic carbocycles. The molecule has 0 aromatic rings. The fraction of sp³-hybridized carbons (Fsp3) is 0.647. The van der Waals surface area contributed by atoms with E-state index < -0.39 is 11.9 Å². The van der Waals surface area contributed by atoms with Crippen LogP contribution in [0.4, 0.5) is 0 Å². The number of nitrogens with one attached hydrogen (secondary N) is 1. The van der Waals surface area contributed by atoms with Gasteiger partial charge in [0, 0.05) is 29.0 Å². The highest BCUT2D eigenvalue weighted by atomic mass is 127. The summed E-state index contributed by atoms with van der Waals surface area (Å²) in [5.41, 5.74) is 1.96. The lowest BCUT2D eigenvalue weighted by atomic mass is 10.3. The van der Waals surface area contributed by atoms with Gasteiger partial charge in [0.05, 0.1) is 52.6 Å². The Bertz CT molecular complexity index is 555. The molecule has 0 aliphatic carbocycles. The number of hydroxylamine groups is 1. The Morgan fingerprint density at radius 3 is 2.32 bits per heavy atom. The van der Waals surface area contributed by atoms with Gasteiger partial charge in [-0.25, -0.2) is 4.79 Å². The molecule has 0 aromatic heterocycles. The van der Waals surface area contributed by atoms with Crippen molar-refractivity contribution in [3.05, 3.63) is 9.66 Å². The van der Waals surface area contributed by atoms with Gasteiger partial charge in [-0.3, -0.25) is 9.59 Å². The molecule has 0 atom stereocenters. The van der Waals surface area contributed by atoms with Crippen LogP contribution in [0.1, 0.15) is 19.3 Å². The van der Waals surface area contributed by atoms with E-state index in [-0.39, 0.29) is 31.8 Å². The molecule has 1 rings (SSSR count). The first-order chi connectivity index (χ1) is 13.5. The fourth-order valence-electron chi connectivity index (χ4n) is 2.00. The Hall–Kier alpha value is -1.57. The standard InChI is InChI=1S/C17H25IN2O8/c18-14-12-16(23)20(13-14)4-7-26-9-11-27-10-8-25-6-3-17(24)28-19-15(22)2-1-5-21/h5,12H,1-4,6-11,13H2,(H,19,22). The van der Waals surface area contributed by atoms with Crippen LogP contribution in [-0.2, 0) is 38.2 Å². The lowest BCUT2D eigenvalue weighted by Gasteiger charge is -2.15. The molecular weight excluding hydrogens is 487 g/mol. The van der Waals surface area contributed by atoms with Crippen LogP contribution in [0.2, 0.25) is 0 Å². The van der Waals surface area contributed by atoms with E-state index in [9.17, 15) is 19.2 Å². The van der Waals surface area contributed by atoms with Gasteiger partial charge in [0.25, 0.3) is 5.91 Å². The van der Waals surface area contributed by atoms with Crippen molar-refractivity contribution in [2.45, 2.75) is 19.3 Å². The summed E-state index contributed by atoms with van der Waals surface area (Å²) in [7, 11) is 0. The fourth-order valence-corrected chi connectivity index (χ4v) is 2.68. The molecule has 1 heterocycles. The van der Waals surface area contributed by atoms with Crippen LogP contribution in [0, 0.1) is 0 Å². The Labute approximate surface area is 177 Å². The van der Waals surface area contributed by atoms with Crippen molar-refractivity contribution < 1.29 is 38.2 Å². The normalized spacial score (nSPS) is 13.4. The zero-order valence-electron chi connectivity index (χ0n) is 15.5. The lowest BCUT2D eigenvalue weighted by Crippen LogP contribution is -2.29. The topological polar surface area (TPSA) is 120 Å². The van der Waals surface area contributed by atoms with Gasteiger partial charge in [0.1, 0.15) is 6.29 Å². The minimum atomic E-state index is -0.629. The molecule has 0 saturated heterocycles. The highest BCUT2D eigenvalue weighted by Gasteiger charge is 2.18. The molecule has 2 amide bonds. The highest BCUT2D eigenvalue weighted by molar-refractivity contribution is 14.1. The van der Waals surface area contributed by atoms with Crippen molar-refractivity contribution in [2.75, 3.05) is 52.7 Å². The van der Waals surface area contributed by atoms with Gasteiger partial charge in [-0.1, -0.05) is 0 Å². The van der Waals surface area contributed by atoms with Gasteiger partial charge < -0.3 is 28.7 Å². The Kier molecular flexibility index (Phi) is 13.4. The van der Waals surface area contributed by atoms with Gasteiger partial charge >= 0.3 is 5.97 Å². The summed E-state index contributed by atoms with van der Waals surface area (Å²) in [5, 5.41) is 0. The first-order valence-corrected chi connectivity index (χ1v) is 9.91. The second-order valence-corrected chi connectivity index (χ2v) is 7.03. The van der Waals surface area contributed by atoms with Gasteiger partial charge in [0.2, 0.25) is 5.91 Å². The molecule has 1 aliphatic heterocycles. The maximum absolute atomic E-state index is 11.5. The monoisotopic (exact) mass is 512 g/mol. The third-order valence-electron chi connectivity index (χ3n) is 3.40. The van der Waals surface area contributed by atoms with Gasteiger partial charge in [-0.05, 0) is 22.6 Å². The Morgan fingerprint density at radius 1 is 1.07 bits per heavy atom. The van der Waals surface area contributed by atoms with Crippen molar-refractivity contribution in [3.8, 4) is 0 Å². The Morgan fingerprint density at radius 2 is 1.71 bits per heavy atom. The van der Waals surface area contributed by atoms with E-state index in [0.29, 0.717) is 52.4 Å². The molecule has 11 heteroatoms. The number of ether oxygens (including phenoxy) is 3. The van der Waals surface area contributed by atoms with E-state index >= 15 is 0 Å². The predicted octanol–water partition coefficient (Wildman–Crippen LogP) is 0.141. The molecule has 0 fully saturated rings. The van der Waals surface area contributed by atoms with Crippen LogP contribution < -0.4 is 5.48 Å². The predicted molar refractivity (Wildman–Crippen MR) is 105 cm³/mol. The van der Waals surface area contributed by atoms with Crippen molar-refractivity contribution in [3.63, 3.8) is 0 Å². The molecule has 28 heavy (non-hydrogen) atoms. The summed E-state index contributed by atoms with van der Waals surface area (Å²) < 4.78 is 17.0. The molecule has 1 N–H and O–H groups in total. The zero-order chi connectivity index (χ0) is 20.6. The average Bonchev–Trinajstić information content (AvgIpc) is 2.99. The first kappa shape index (κ1) is 24.5. The smallest absolute Gasteiger partial charge is 0.334 e. The number of hydrogen-bond donors (Lipinski definition) is 1. The van der Waals surface area contributed by atoms with E-state index in [4.69, 9.17) is 14.2 Å². The number of carbonyl (C=O) groups is 4. The van der Waals surface area contributed by atoms with Crippen LogP contribution >= 0.6 is 22.6 Å². The van der Waals surface area contributed by atoms with Gasteiger partial charge in [0.15, 0.2) is 0 Å². The van der Waals surface area contributed by atoms with Crippen LogP contribution in [-0.4, -0.2) is 81.7 Å². The van der Waals surface area contributed by atoms with Crippen LogP contribution in [0.3, 0.4) is 0 Å². The zero-order valence-corrected chi connectivity index (χ0v) is 17.7. The molecule has 1 aliphatic rings. The summed E-state index contributed by atoms with van der Waals surface area (Å²) in [5.74, 6) is -1.14. The second-order valence-electron chi connectivity index (χ2n) is 5.64. The number of nitrogens with zero attached hydrogens (tertiary/aromatic N) is 1. The minimum Gasteiger partial charge on any atom is -0.378 e. The number of aldehydes is 1. The van der Waals surface area contributed by atoms with Crippen molar-refractivity contribution in [2.24, 2.45) is 0 Å². The lowest BCUT2D eigenvalue weighted by molar-refractivity contribution is -0.159. The average molecular weight is 512 g/mol. The minimum absolute atomic E-state index is 0.0138. The summed E-state index contributed by atoms with van der Waals surface area (Å²) in [6.45, 7) is 3.29. The molecule has 158 valence electrons. The summed E-state index contributed by atoms with van der Waals surface area (Å²) >= 11 is 2.14. The van der Waals surface area contributed by atoms with E-state index in [2.05, 4.69) is 27.4 Å². The molecule has 0 radical (unpaired) electrons. The molecule has 0 spiro atoms. The van der Waals surface area contributed by atoms with Gasteiger partial charge in [-0.2, -0.15) is 5.48 Å². The third kappa shape index (κ3) is 12.0. The maximum Gasteiger partial charge on any atom is 0.334 e. The number of amides is 2. The van der Waals surface area contributed by atoms with Crippen molar-refractivity contribution in [1.29, 1.82) is 0 Å². The largest absolute Gasteiger partial charge is 0.378 e. The first-order valence-electron chi connectivity index (χ1n) is 8.83.